The lowest BCUT2D eigenvalue weighted by Crippen LogP contribution is -1.92. The van der Waals surface area contributed by atoms with Crippen LogP contribution >= 0.6 is 27.3 Å². The summed E-state index contributed by atoms with van der Waals surface area (Å²) in [5, 5.41) is 3.14. The number of hydrogen-bond acceptors (Lipinski definition) is 4. The highest BCUT2D eigenvalue weighted by atomic mass is 79.9. The number of thiazole rings is 1. The molecule has 0 aliphatic carbocycles. The zero-order valence-electron chi connectivity index (χ0n) is 9.95. The number of halogens is 1. The average molecular weight is 332 g/mol. The summed E-state index contributed by atoms with van der Waals surface area (Å²) < 4.78 is 0.803. The maximum Gasteiger partial charge on any atom is 0.116 e. The first kappa shape index (κ1) is 12.4. The van der Waals surface area contributed by atoms with Gasteiger partial charge in [-0.1, -0.05) is 30.3 Å². The van der Waals surface area contributed by atoms with Crippen LogP contribution in [-0.2, 0) is 6.42 Å². The van der Waals surface area contributed by atoms with Crippen molar-refractivity contribution >= 4 is 27.3 Å². The highest BCUT2D eigenvalue weighted by Gasteiger charge is 2.06. The van der Waals surface area contributed by atoms with Crippen molar-refractivity contribution in [1.82, 2.24) is 15.0 Å². The van der Waals surface area contributed by atoms with E-state index in [0.717, 1.165) is 33.0 Å². The third-order valence-corrected chi connectivity index (χ3v) is 3.93. The molecule has 0 unspecified atom stereocenters. The predicted octanol–water partition coefficient (Wildman–Crippen LogP) is 3.95. The van der Waals surface area contributed by atoms with E-state index in [1.807, 2.05) is 24.3 Å². The number of hydrogen-bond donors (Lipinski definition) is 0. The fourth-order valence-electron chi connectivity index (χ4n) is 1.76. The van der Waals surface area contributed by atoms with Crippen molar-refractivity contribution in [1.29, 1.82) is 0 Å². The lowest BCUT2D eigenvalue weighted by Gasteiger charge is -1.97. The van der Waals surface area contributed by atoms with E-state index < -0.39 is 0 Å². The van der Waals surface area contributed by atoms with Crippen LogP contribution < -0.4 is 0 Å². The molecule has 2 heterocycles. The van der Waals surface area contributed by atoms with Crippen LogP contribution in [0.4, 0.5) is 0 Å². The molecule has 3 nitrogen and oxygen atoms in total. The molecular formula is C14H10BrN3S. The van der Waals surface area contributed by atoms with Crippen LogP contribution in [0.25, 0.3) is 11.3 Å². The van der Waals surface area contributed by atoms with Gasteiger partial charge in [0.25, 0.3) is 0 Å². The second-order valence-electron chi connectivity index (χ2n) is 4.00. The van der Waals surface area contributed by atoms with E-state index in [1.165, 1.54) is 0 Å². The predicted molar refractivity (Wildman–Crippen MR) is 80.1 cm³/mol. The third kappa shape index (κ3) is 3.05. The quantitative estimate of drug-likeness (QED) is 0.682. The largest absolute Gasteiger partial charge is 0.241 e. The van der Waals surface area contributed by atoms with Gasteiger partial charge in [-0.15, -0.1) is 11.3 Å². The first-order chi connectivity index (χ1) is 9.31. The Hall–Kier alpha value is -1.59. The lowest BCUT2D eigenvalue weighted by molar-refractivity contribution is 1.00. The Labute approximate surface area is 123 Å². The summed E-state index contributed by atoms with van der Waals surface area (Å²) in [6.45, 7) is 0. The van der Waals surface area contributed by atoms with Gasteiger partial charge in [0.15, 0.2) is 0 Å². The average Bonchev–Trinajstić information content (AvgIpc) is 2.88. The van der Waals surface area contributed by atoms with Gasteiger partial charge in [-0.3, -0.25) is 0 Å². The van der Waals surface area contributed by atoms with Gasteiger partial charge in [-0.05, 0) is 22.0 Å². The molecular weight excluding hydrogens is 322 g/mol. The van der Waals surface area contributed by atoms with Crippen LogP contribution in [0.15, 0.2) is 52.7 Å². The summed E-state index contributed by atoms with van der Waals surface area (Å²) in [6.07, 6.45) is 2.30. The molecule has 0 fully saturated rings. The van der Waals surface area contributed by atoms with E-state index in [-0.39, 0.29) is 0 Å². The fraction of sp³-hybridized carbons (Fsp3) is 0.0714. The molecule has 3 aromatic rings. The lowest BCUT2D eigenvalue weighted by atomic mass is 10.2. The molecule has 0 N–H and O–H groups in total. The smallest absolute Gasteiger partial charge is 0.116 e. The van der Waals surface area contributed by atoms with Gasteiger partial charge in [-0.25, -0.2) is 15.0 Å². The van der Waals surface area contributed by atoms with Crippen LogP contribution in [0, 0.1) is 0 Å². The van der Waals surface area contributed by atoms with Crippen LogP contribution in [0.3, 0.4) is 0 Å². The van der Waals surface area contributed by atoms with Gasteiger partial charge in [0.2, 0.25) is 0 Å². The molecule has 19 heavy (non-hydrogen) atoms. The van der Waals surface area contributed by atoms with Crippen molar-refractivity contribution in [2.45, 2.75) is 6.42 Å². The first-order valence-corrected chi connectivity index (χ1v) is 7.45. The maximum atomic E-state index is 4.65. The molecule has 0 aliphatic heterocycles. The van der Waals surface area contributed by atoms with E-state index in [2.05, 4.69) is 48.4 Å². The van der Waals surface area contributed by atoms with Crippen LogP contribution in [0.5, 0.6) is 0 Å². The molecule has 5 heteroatoms. The maximum absolute atomic E-state index is 4.65. The van der Waals surface area contributed by atoms with Crippen LogP contribution in [0.2, 0.25) is 0 Å². The normalized spacial score (nSPS) is 10.6. The van der Waals surface area contributed by atoms with Crippen molar-refractivity contribution < 1.29 is 0 Å². The molecule has 3 rings (SSSR count). The SMILES string of the molecule is Brc1cc(Cc2nc(-c3ccccc3)cs2)ncn1. The second kappa shape index (κ2) is 5.59. The van der Waals surface area contributed by atoms with E-state index in [1.54, 1.807) is 17.7 Å². The Morgan fingerprint density at radius 2 is 1.95 bits per heavy atom. The summed E-state index contributed by atoms with van der Waals surface area (Å²) in [7, 11) is 0. The molecule has 1 aromatic carbocycles. The Morgan fingerprint density at radius 3 is 2.74 bits per heavy atom. The minimum Gasteiger partial charge on any atom is -0.241 e. The molecule has 0 amide bonds. The van der Waals surface area contributed by atoms with Crippen molar-refractivity contribution in [2.75, 3.05) is 0 Å². The van der Waals surface area contributed by atoms with E-state index in [9.17, 15) is 0 Å². The number of benzene rings is 1. The minimum atomic E-state index is 0.735. The van der Waals surface area contributed by atoms with Crippen molar-refractivity contribution in [3.63, 3.8) is 0 Å². The standard InChI is InChI=1S/C14H10BrN3S/c15-13-6-11(16-9-17-13)7-14-18-12(8-19-14)10-4-2-1-3-5-10/h1-6,8-9H,7H2. The second-order valence-corrected chi connectivity index (χ2v) is 5.76. The van der Waals surface area contributed by atoms with Crippen molar-refractivity contribution in [3.05, 3.63) is 63.4 Å². The fourth-order valence-corrected chi connectivity index (χ4v) is 2.93. The third-order valence-electron chi connectivity index (χ3n) is 2.64. The molecule has 0 saturated carbocycles. The topological polar surface area (TPSA) is 38.7 Å². The first-order valence-electron chi connectivity index (χ1n) is 5.77. The summed E-state index contributed by atoms with van der Waals surface area (Å²) in [4.78, 5) is 12.9. The monoisotopic (exact) mass is 331 g/mol. The Bertz CT molecular complexity index is 682. The van der Waals surface area contributed by atoms with E-state index >= 15 is 0 Å². The molecule has 94 valence electrons. The molecule has 0 aliphatic rings. The Morgan fingerprint density at radius 1 is 1.11 bits per heavy atom. The van der Waals surface area contributed by atoms with Gasteiger partial charge in [0.1, 0.15) is 10.9 Å². The highest BCUT2D eigenvalue weighted by molar-refractivity contribution is 9.10. The zero-order chi connectivity index (χ0) is 13.1. The number of rotatable bonds is 3. The van der Waals surface area contributed by atoms with Gasteiger partial charge >= 0.3 is 0 Å². The molecule has 0 atom stereocenters. The van der Waals surface area contributed by atoms with Crippen molar-refractivity contribution in [2.24, 2.45) is 0 Å². The summed E-state index contributed by atoms with van der Waals surface area (Å²) in [6, 6.07) is 12.1. The molecule has 0 bridgehead atoms. The number of aromatic nitrogens is 3. The number of nitrogens with zero attached hydrogens (tertiary/aromatic N) is 3. The summed E-state index contributed by atoms with van der Waals surface area (Å²) in [5.74, 6) is 0. The summed E-state index contributed by atoms with van der Waals surface area (Å²) >= 11 is 5.01. The van der Waals surface area contributed by atoms with Crippen molar-refractivity contribution in [3.8, 4) is 11.3 Å². The van der Waals surface area contributed by atoms with Crippen LogP contribution in [-0.4, -0.2) is 15.0 Å². The Balaban J connectivity index is 1.82. The van der Waals surface area contributed by atoms with Gasteiger partial charge in [0.05, 0.1) is 16.4 Å². The zero-order valence-corrected chi connectivity index (χ0v) is 12.4. The van der Waals surface area contributed by atoms with E-state index in [4.69, 9.17) is 0 Å². The van der Waals surface area contributed by atoms with E-state index in [0.29, 0.717) is 0 Å². The Kier molecular flexibility index (Phi) is 3.66. The van der Waals surface area contributed by atoms with Gasteiger partial charge in [-0.2, -0.15) is 0 Å². The molecule has 0 saturated heterocycles. The molecule has 0 spiro atoms. The molecule has 0 radical (unpaired) electrons. The van der Waals surface area contributed by atoms with Gasteiger partial charge in [0, 0.05) is 17.4 Å². The summed E-state index contributed by atoms with van der Waals surface area (Å²) in [5.41, 5.74) is 3.14. The van der Waals surface area contributed by atoms with Gasteiger partial charge < -0.3 is 0 Å². The minimum absolute atomic E-state index is 0.735. The van der Waals surface area contributed by atoms with Crippen LogP contribution in [0.1, 0.15) is 10.7 Å². The molecule has 2 aromatic heterocycles. The highest BCUT2D eigenvalue weighted by Crippen LogP contribution is 2.23.